The Bertz CT molecular complexity index is 192. The number of aliphatic hydroxyl groups excluding tert-OH is 1. The van der Waals surface area contributed by atoms with Crippen LogP contribution in [-0.2, 0) is 4.74 Å². The third kappa shape index (κ3) is 1.40. The fraction of sp³-hybridized carbons (Fsp3) is 1.00. The Balaban J connectivity index is 2.20. The highest BCUT2D eigenvalue weighted by Crippen LogP contribution is 2.52. The van der Waals surface area contributed by atoms with E-state index in [1.807, 2.05) is 0 Å². The largest absolute Gasteiger partial charge is 0.368 e. The molecule has 1 saturated heterocycles. The summed E-state index contributed by atoms with van der Waals surface area (Å²) in [6.07, 6.45) is 6.18. The van der Waals surface area contributed by atoms with Gasteiger partial charge in [-0.3, -0.25) is 0 Å². The minimum atomic E-state index is -0.508. The second kappa shape index (κ2) is 2.96. The number of ether oxygens (including phenoxy) is 1. The summed E-state index contributed by atoms with van der Waals surface area (Å²) >= 11 is 0. The van der Waals surface area contributed by atoms with E-state index in [0.717, 1.165) is 25.7 Å². The van der Waals surface area contributed by atoms with E-state index in [1.165, 1.54) is 12.8 Å². The van der Waals surface area contributed by atoms with E-state index in [4.69, 9.17) is 4.74 Å². The molecule has 1 N–H and O–H groups in total. The molecule has 0 aromatic heterocycles. The van der Waals surface area contributed by atoms with E-state index < -0.39 is 6.29 Å². The van der Waals surface area contributed by atoms with Crippen LogP contribution in [0.15, 0.2) is 0 Å². The van der Waals surface area contributed by atoms with Gasteiger partial charge in [-0.2, -0.15) is 0 Å². The highest BCUT2D eigenvalue weighted by atomic mass is 16.6. The Kier molecular flexibility index (Phi) is 2.16. The minimum Gasteiger partial charge on any atom is -0.368 e. The second-order valence-electron chi connectivity index (χ2n) is 5.20. The predicted octanol–water partition coefficient (Wildman–Crippen LogP) is 2.45. The molecule has 1 heterocycles. The minimum absolute atomic E-state index is 0.00926. The van der Waals surface area contributed by atoms with E-state index in [1.54, 1.807) is 0 Å². The van der Waals surface area contributed by atoms with Gasteiger partial charge >= 0.3 is 0 Å². The number of hydrogen-bond donors (Lipinski definition) is 1. The van der Waals surface area contributed by atoms with Crippen molar-refractivity contribution < 1.29 is 9.84 Å². The molecule has 2 heteroatoms. The third-order valence-corrected chi connectivity index (χ3v) is 4.02. The molecule has 13 heavy (non-hydrogen) atoms. The van der Waals surface area contributed by atoms with Gasteiger partial charge in [0.05, 0.1) is 5.60 Å². The van der Waals surface area contributed by atoms with Gasteiger partial charge in [0.15, 0.2) is 6.29 Å². The zero-order valence-electron chi connectivity index (χ0n) is 8.68. The van der Waals surface area contributed by atoms with Gasteiger partial charge in [0.1, 0.15) is 0 Å². The van der Waals surface area contributed by atoms with Crippen LogP contribution in [0, 0.1) is 5.41 Å². The lowest BCUT2D eigenvalue weighted by atomic mass is 9.69. The molecule has 1 aliphatic carbocycles. The molecule has 0 aromatic rings. The number of hydrogen-bond acceptors (Lipinski definition) is 2. The summed E-state index contributed by atoms with van der Waals surface area (Å²) in [5.74, 6) is 0. The third-order valence-electron chi connectivity index (χ3n) is 4.02. The zero-order valence-corrected chi connectivity index (χ0v) is 8.68. The molecule has 0 aromatic carbocycles. The summed E-state index contributed by atoms with van der Waals surface area (Å²) < 4.78 is 5.81. The van der Waals surface area contributed by atoms with Crippen LogP contribution in [0.1, 0.15) is 52.4 Å². The van der Waals surface area contributed by atoms with Crippen molar-refractivity contribution in [2.75, 3.05) is 0 Å². The van der Waals surface area contributed by atoms with Gasteiger partial charge in [0.2, 0.25) is 0 Å². The Morgan fingerprint density at radius 2 is 1.77 bits per heavy atom. The van der Waals surface area contributed by atoms with Crippen molar-refractivity contribution in [1.29, 1.82) is 0 Å². The summed E-state index contributed by atoms with van der Waals surface area (Å²) in [6.45, 7) is 4.56. The summed E-state index contributed by atoms with van der Waals surface area (Å²) in [5.41, 5.74) is 0.243. The van der Waals surface area contributed by atoms with E-state index in [0.29, 0.717) is 0 Å². The molecule has 2 nitrogen and oxygen atoms in total. The maximum atomic E-state index is 9.54. The van der Waals surface area contributed by atoms with Crippen molar-refractivity contribution in [3.05, 3.63) is 0 Å². The van der Waals surface area contributed by atoms with E-state index >= 15 is 0 Å². The first-order valence-electron chi connectivity index (χ1n) is 5.42. The Morgan fingerprint density at radius 1 is 1.15 bits per heavy atom. The van der Waals surface area contributed by atoms with Gasteiger partial charge in [0.25, 0.3) is 0 Å². The summed E-state index contributed by atoms with van der Waals surface area (Å²) in [5, 5.41) is 9.54. The molecule has 1 aliphatic heterocycles. The molecule has 0 bridgehead atoms. The number of rotatable bonds is 0. The first kappa shape index (κ1) is 9.47. The van der Waals surface area contributed by atoms with Crippen molar-refractivity contribution in [3.63, 3.8) is 0 Å². The van der Waals surface area contributed by atoms with Gasteiger partial charge < -0.3 is 9.84 Å². The van der Waals surface area contributed by atoms with Crippen molar-refractivity contribution in [3.8, 4) is 0 Å². The summed E-state index contributed by atoms with van der Waals surface area (Å²) in [4.78, 5) is 0. The van der Waals surface area contributed by atoms with Crippen LogP contribution < -0.4 is 0 Å². The SMILES string of the molecule is CC1(C)CCC(O)OC12CCCC2. The van der Waals surface area contributed by atoms with E-state index in [9.17, 15) is 5.11 Å². The smallest absolute Gasteiger partial charge is 0.155 e. The molecule has 2 aliphatic rings. The Hall–Kier alpha value is -0.0800. The first-order chi connectivity index (χ1) is 6.06. The molecule has 0 radical (unpaired) electrons. The van der Waals surface area contributed by atoms with Crippen LogP contribution in [0.4, 0.5) is 0 Å². The van der Waals surface area contributed by atoms with Crippen LogP contribution in [-0.4, -0.2) is 17.0 Å². The molecule has 1 atom stereocenters. The van der Waals surface area contributed by atoms with Crippen molar-refractivity contribution >= 4 is 0 Å². The molecule has 1 saturated carbocycles. The van der Waals surface area contributed by atoms with Crippen molar-refractivity contribution in [2.45, 2.75) is 64.3 Å². The highest BCUT2D eigenvalue weighted by Gasteiger charge is 2.51. The quantitative estimate of drug-likeness (QED) is 0.626. The topological polar surface area (TPSA) is 29.5 Å². The van der Waals surface area contributed by atoms with Crippen LogP contribution in [0.25, 0.3) is 0 Å². The lowest BCUT2D eigenvalue weighted by Crippen LogP contribution is -2.51. The van der Waals surface area contributed by atoms with Crippen LogP contribution in [0.3, 0.4) is 0 Å². The average molecular weight is 184 g/mol. The van der Waals surface area contributed by atoms with Gasteiger partial charge in [0, 0.05) is 0 Å². The molecule has 1 spiro atoms. The highest BCUT2D eigenvalue weighted by molar-refractivity contribution is 5.00. The second-order valence-corrected chi connectivity index (χ2v) is 5.20. The lowest BCUT2D eigenvalue weighted by Gasteiger charge is -2.49. The molecular formula is C11H20O2. The molecule has 76 valence electrons. The van der Waals surface area contributed by atoms with Crippen molar-refractivity contribution in [2.24, 2.45) is 5.41 Å². The average Bonchev–Trinajstić information content (AvgIpc) is 2.49. The normalized spacial score (nSPS) is 36.7. The fourth-order valence-electron chi connectivity index (χ4n) is 2.93. The maximum Gasteiger partial charge on any atom is 0.155 e. The molecule has 2 fully saturated rings. The Labute approximate surface area is 80.3 Å². The summed E-state index contributed by atoms with van der Waals surface area (Å²) in [7, 11) is 0. The molecule has 2 rings (SSSR count). The van der Waals surface area contributed by atoms with Gasteiger partial charge in [-0.25, -0.2) is 0 Å². The van der Waals surface area contributed by atoms with Gasteiger partial charge in [-0.1, -0.05) is 26.7 Å². The molecular weight excluding hydrogens is 164 g/mol. The van der Waals surface area contributed by atoms with Gasteiger partial charge in [-0.15, -0.1) is 0 Å². The monoisotopic (exact) mass is 184 g/mol. The predicted molar refractivity (Wildman–Crippen MR) is 51.3 cm³/mol. The van der Waals surface area contributed by atoms with Crippen LogP contribution in [0.5, 0.6) is 0 Å². The standard InChI is InChI=1S/C11H20O2/c1-10(2)8-5-9(12)13-11(10)6-3-4-7-11/h9,12H,3-8H2,1-2H3. The fourth-order valence-corrected chi connectivity index (χ4v) is 2.93. The first-order valence-corrected chi connectivity index (χ1v) is 5.42. The van der Waals surface area contributed by atoms with Crippen LogP contribution >= 0.6 is 0 Å². The molecule has 0 amide bonds. The van der Waals surface area contributed by atoms with Gasteiger partial charge in [-0.05, 0) is 31.1 Å². The van der Waals surface area contributed by atoms with E-state index in [2.05, 4.69) is 13.8 Å². The summed E-state index contributed by atoms with van der Waals surface area (Å²) in [6, 6.07) is 0. The Morgan fingerprint density at radius 3 is 2.38 bits per heavy atom. The van der Waals surface area contributed by atoms with Crippen molar-refractivity contribution in [1.82, 2.24) is 0 Å². The zero-order chi connectivity index (χ0) is 9.53. The van der Waals surface area contributed by atoms with Crippen LogP contribution in [0.2, 0.25) is 0 Å². The molecule has 1 unspecified atom stereocenters. The maximum absolute atomic E-state index is 9.54. The lowest BCUT2D eigenvalue weighted by molar-refractivity contribution is -0.257. The van der Waals surface area contributed by atoms with E-state index in [-0.39, 0.29) is 11.0 Å². The number of aliphatic hydroxyl groups is 1.